The van der Waals surface area contributed by atoms with Gasteiger partial charge in [-0.2, -0.15) is 0 Å². The maximum absolute atomic E-state index is 13.6. The van der Waals surface area contributed by atoms with Crippen LogP contribution in [-0.2, 0) is 9.59 Å². The summed E-state index contributed by atoms with van der Waals surface area (Å²) < 4.78 is 0. The fraction of sp³-hybridized carbons (Fsp3) is 0.333. The SMILES string of the molecule is CSc1ccc(C2C(C(=O)Nc3ccccc3C)=C(C)NC3=C2C(=O)CC(C)(C)C3)cc1. The van der Waals surface area contributed by atoms with Gasteiger partial charge in [-0.1, -0.05) is 44.2 Å². The number of carbonyl (C=O) groups excluding carboxylic acids is 2. The number of carbonyl (C=O) groups is 2. The van der Waals surface area contributed by atoms with Crippen molar-refractivity contribution in [2.24, 2.45) is 5.41 Å². The normalized spacial score (nSPS) is 20.0. The van der Waals surface area contributed by atoms with E-state index in [0.717, 1.165) is 45.1 Å². The number of Topliss-reactive ketones (excluding diaryl/α,β-unsaturated/α-hetero) is 1. The van der Waals surface area contributed by atoms with Gasteiger partial charge in [0.15, 0.2) is 5.78 Å². The summed E-state index contributed by atoms with van der Waals surface area (Å²) in [5, 5.41) is 6.52. The number of thioether (sulfide) groups is 1. The van der Waals surface area contributed by atoms with Crippen molar-refractivity contribution in [2.45, 2.75) is 51.3 Å². The first kappa shape index (κ1) is 22.4. The van der Waals surface area contributed by atoms with Crippen molar-refractivity contribution in [1.82, 2.24) is 5.32 Å². The van der Waals surface area contributed by atoms with Gasteiger partial charge in [0, 0.05) is 45.5 Å². The number of anilines is 1. The van der Waals surface area contributed by atoms with Crippen LogP contribution >= 0.6 is 11.8 Å². The minimum atomic E-state index is -0.380. The van der Waals surface area contributed by atoms with E-state index in [1.807, 2.05) is 56.5 Å². The molecule has 4 rings (SSSR count). The summed E-state index contributed by atoms with van der Waals surface area (Å²) in [4.78, 5) is 28.1. The molecule has 0 spiro atoms. The number of ketones is 1. The predicted molar refractivity (Wildman–Crippen MR) is 132 cm³/mol. The van der Waals surface area contributed by atoms with Gasteiger partial charge in [0.1, 0.15) is 0 Å². The van der Waals surface area contributed by atoms with Crippen molar-refractivity contribution in [1.29, 1.82) is 0 Å². The highest BCUT2D eigenvalue weighted by atomic mass is 32.2. The van der Waals surface area contributed by atoms with E-state index in [4.69, 9.17) is 0 Å². The molecule has 166 valence electrons. The van der Waals surface area contributed by atoms with E-state index >= 15 is 0 Å². The number of benzene rings is 2. The van der Waals surface area contributed by atoms with Gasteiger partial charge in [-0.05, 0) is 61.3 Å². The van der Waals surface area contributed by atoms with Gasteiger partial charge in [0.2, 0.25) is 0 Å². The van der Waals surface area contributed by atoms with Crippen molar-refractivity contribution in [3.05, 3.63) is 82.2 Å². The Labute approximate surface area is 194 Å². The van der Waals surface area contributed by atoms with Crippen LogP contribution in [0.5, 0.6) is 0 Å². The molecule has 0 saturated carbocycles. The summed E-state index contributed by atoms with van der Waals surface area (Å²) in [6, 6.07) is 16.0. The molecular weight excluding hydrogens is 416 g/mol. The topological polar surface area (TPSA) is 58.2 Å². The number of aryl methyl sites for hydroxylation is 1. The highest BCUT2D eigenvalue weighted by Crippen LogP contribution is 2.46. The van der Waals surface area contributed by atoms with Crippen LogP contribution in [0, 0.1) is 12.3 Å². The third-order valence-electron chi connectivity index (χ3n) is 6.33. The molecule has 0 aromatic heterocycles. The zero-order valence-corrected chi connectivity index (χ0v) is 20.2. The molecule has 1 aliphatic heterocycles. The average molecular weight is 447 g/mol. The van der Waals surface area contributed by atoms with Gasteiger partial charge in [-0.3, -0.25) is 9.59 Å². The van der Waals surface area contributed by atoms with Crippen molar-refractivity contribution in [3.8, 4) is 0 Å². The quantitative estimate of drug-likeness (QED) is 0.569. The van der Waals surface area contributed by atoms with Gasteiger partial charge in [0.05, 0.1) is 0 Å². The summed E-state index contributed by atoms with van der Waals surface area (Å²) in [6.45, 7) is 8.16. The van der Waals surface area contributed by atoms with E-state index in [9.17, 15) is 9.59 Å². The van der Waals surface area contributed by atoms with Crippen molar-refractivity contribution >= 4 is 29.1 Å². The summed E-state index contributed by atoms with van der Waals surface area (Å²) in [5.41, 5.74) is 5.76. The minimum absolute atomic E-state index is 0.0998. The van der Waals surface area contributed by atoms with E-state index in [-0.39, 0.29) is 23.0 Å². The van der Waals surface area contributed by atoms with E-state index < -0.39 is 0 Å². The Morgan fingerprint density at radius 1 is 1.06 bits per heavy atom. The zero-order chi connectivity index (χ0) is 23.0. The minimum Gasteiger partial charge on any atom is -0.362 e. The molecule has 0 saturated heterocycles. The van der Waals surface area contributed by atoms with Gasteiger partial charge in [-0.15, -0.1) is 11.8 Å². The number of allylic oxidation sites excluding steroid dienone is 3. The number of dihydropyridines is 1. The van der Waals surface area contributed by atoms with Crippen LogP contribution in [-0.4, -0.2) is 17.9 Å². The molecule has 2 aromatic rings. The van der Waals surface area contributed by atoms with Crippen molar-refractivity contribution in [2.75, 3.05) is 11.6 Å². The Hall–Kier alpha value is -2.79. The van der Waals surface area contributed by atoms with Crippen LogP contribution in [0.15, 0.2) is 76.0 Å². The first-order valence-electron chi connectivity index (χ1n) is 10.9. The largest absolute Gasteiger partial charge is 0.362 e. The average Bonchev–Trinajstić information content (AvgIpc) is 2.73. The number of rotatable bonds is 4. The Kier molecular flexibility index (Phi) is 6.04. The second-order valence-corrected chi connectivity index (χ2v) is 10.4. The van der Waals surface area contributed by atoms with E-state index in [1.54, 1.807) is 11.8 Å². The number of hydrogen-bond donors (Lipinski definition) is 2. The molecule has 1 unspecified atom stereocenters. The van der Waals surface area contributed by atoms with Gasteiger partial charge < -0.3 is 10.6 Å². The molecule has 0 bridgehead atoms. The Bertz CT molecular complexity index is 1140. The van der Waals surface area contributed by atoms with E-state index in [2.05, 4.69) is 36.6 Å². The molecule has 2 aliphatic rings. The second kappa shape index (κ2) is 8.62. The highest BCUT2D eigenvalue weighted by molar-refractivity contribution is 7.98. The van der Waals surface area contributed by atoms with Crippen LogP contribution in [0.4, 0.5) is 5.69 Å². The molecule has 0 fully saturated rings. The Morgan fingerprint density at radius 3 is 2.41 bits per heavy atom. The molecule has 5 heteroatoms. The molecule has 1 atom stereocenters. The fourth-order valence-electron chi connectivity index (χ4n) is 4.77. The second-order valence-electron chi connectivity index (χ2n) is 9.47. The summed E-state index contributed by atoms with van der Waals surface area (Å²) in [7, 11) is 0. The molecule has 2 N–H and O–H groups in total. The number of para-hydroxylation sites is 1. The third kappa shape index (κ3) is 4.26. The number of amides is 1. The smallest absolute Gasteiger partial charge is 0.254 e. The molecule has 1 aliphatic carbocycles. The number of nitrogens with one attached hydrogen (secondary N) is 2. The zero-order valence-electron chi connectivity index (χ0n) is 19.3. The lowest BCUT2D eigenvalue weighted by atomic mass is 9.68. The molecule has 4 nitrogen and oxygen atoms in total. The highest BCUT2D eigenvalue weighted by Gasteiger charge is 2.42. The van der Waals surface area contributed by atoms with Crippen LogP contribution < -0.4 is 10.6 Å². The lowest BCUT2D eigenvalue weighted by Crippen LogP contribution is -2.39. The van der Waals surface area contributed by atoms with E-state index in [0.29, 0.717) is 12.0 Å². The summed E-state index contributed by atoms with van der Waals surface area (Å²) >= 11 is 1.68. The van der Waals surface area contributed by atoms with Crippen molar-refractivity contribution in [3.63, 3.8) is 0 Å². The Balaban J connectivity index is 1.81. The molecule has 32 heavy (non-hydrogen) atoms. The molecule has 1 amide bonds. The van der Waals surface area contributed by atoms with Crippen LogP contribution in [0.2, 0.25) is 0 Å². The van der Waals surface area contributed by atoms with Crippen LogP contribution in [0.25, 0.3) is 0 Å². The molecular formula is C27H30N2O2S. The maximum atomic E-state index is 13.6. The fourth-order valence-corrected chi connectivity index (χ4v) is 5.18. The van der Waals surface area contributed by atoms with Gasteiger partial charge in [0.25, 0.3) is 5.91 Å². The standard InChI is InChI=1S/C27H30N2O2S/c1-16-8-6-7-9-20(16)29-26(31)23-17(2)28-21-14-27(3,4)15-22(30)25(21)24(23)18-10-12-19(32-5)13-11-18/h6-13,24,28H,14-15H2,1-5H3,(H,29,31). The molecule has 2 aromatic carbocycles. The molecule has 0 radical (unpaired) electrons. The monoisotopic (exact) mass is 446 g/mol. The molecule has 1 heterocycles. The third-order valence-corrected chi connectivity index (χ3v) is 7.07. The lowest BCUT2D eigenvalue weighted by molar-refractivity contribution is -0.118. The van der Waals surface area contributed by atoms with Gasteiger partial charge in [-0.25, -0.2) is 0 Å². The van der Waals surface area contributed by atoms with Gasteiger partial charge >= 0.3 is 0 Å². The van der Waals surface area contributed by atoms with Crippen molar-refractivity contribution < 1.29 is 9.59 Å². The first-order chi connectivity index (χ1) is 15.2. The summed E-state index contributed by atoms with van der Waals surface area (Å²) in [6.07, 6.45) is 3.31. The van der Waals surface area contributed by atoms with Crippen LogP contribution in [0.3, 0.4) is 0 Å². The Morgan fingerprint density at radius 2 is 1.75 bits per heavy atom. The summed E-state index contributed by atoms with van der Waals surface area (Å²) in [5.74, 6) is -0.432. The van der Waals surface area contributed by atoms with Crippen LogP contribution in [0.1, 0.15) is 50.7 Å². The number of hydrogen-bond acceptors (Lipinski definition) is 4. The lowest BCUT2D eigenvalue weighted by Gasteiger charge is -2.39. The first-order valence-corrected chi connectivity index (χ1v) is 12.2. The maximum Gasteiger partial charge on any atom is 0.254 e. The predicted octanol–water partition coefficient (Wildman–Crippen LogP) is 5.96. The van der Waals surface area contributed by atoms with E-state index in [1.165, 1.54) is 0 Å².